The van der Waals surface area contributed by atoms with Gasteiger partial charge in [-0.05, 0) is 59.3 Å². The van der Waals surface area contributed by atoms with Crippen LogP contribution in [0.25, 0.3) is 0 Å². The van der Waals surface area contributed by atoms with Gasteiger partial charge in [-0.2, -0.15) is 5.10 Å². The number of carbonyl (C=O) groups excluding carboxylic acids is 1. The maximum atomic E-state index is 12.0. The summed E-state index contributed by atoms with van der Waals surface area (Å²) in [5.74, 6) is 0.135. The standard InChI is InChI=1S/C16H13Br2ClN2O3/c1-9(24-13-4-2-12(19)3-5-13)16(23)21-20-8-10-6-11(17)7-14(18)15(10)22/h2-9,22H,1H3,(H,21,23)/b20-8+/t9-/m1/s1. The number of rotatable bonds is 5. The van der Waals surface area contributed by atoms with Crippen LogP contribution in [0.15, 0.2) is 50.4 Å². The van der Waals surface area contributed by atoms with Crippen molar-refractivity contribution in [2.45, 2.75) is 13.0 Å². The molecule has 0 radical (unpaired) electrons. The Morgan fingerprint density at radius 3 is 2.67 bits per heavy atom. The minimum absolute atomic E-state index is 0.0293. The molecule has 0 saturated carbocycles. The van der Waals surface area contributed by atoms with Crippen LogP contribution in [0, 0.1) is 0 Å². The van der Waals surface area contributed by atoms with Crippen molar-refractivity contribution in [3.63, 3.8) is 0 Å². The van der Waals surface area contributed by atoms with Crippen LogP contribution in [-0.2, 0) is 4.79 Å². The lowest BCUT2D eigenvalue weighted by Crippen LogP contribution is -2.33. The summed E-state index contributed by atoms with van der Waals surface area (Å²) in [6, 6.07) is 10.1. The molecule has 0 unspecified atom stereocenters. The highest BCUT2D eigenvalue weighted by atomic mass is 79.9. The number of benzene rings is 2. The van der Waals surface area contributed by atoms with Crippen LogP contribution < -0.4 is 10.2 Å². The summed E-state index contributed by atoms with van der Waals surface area (Å²) in [5.41, 5.74) is 2.81. The Balaban J connectivity index is 1.96. The first kappa shape index (κ1) is 18.8. The van der Waals surface area contributed by atoms with Gasteiger partial charge in [0.1, 0.15) is 11.5 Å². The van der Waals surface area contributed by atoms with Crippen molar-refractivity contribution in [2.24, 2.45) is 5.10 Å². The van der Waals surface area contributed by atoms with Crippen molar-refractivity contribution >= 4 is 55.6 Å². The lowest BCUT2D eigenvalue weighted by atomic mass is 10.2. The Hall–Kier alpha value is -1.57. The number of phenols is 1. The van der Waals surface area contributed by atoms with Crippen LogP contribution in [0.1, 0.15) is 12.5 Å². The largest absolute Gasteiger partial charge is 0.506 e. The van der Waals surface area contributed by atoms with E-state index in [1.807, 2.05) is 0 Å². The summed E-state index contributed by atoms with van der Waals surface area (Å²) in [7, 11) is 0. The molecule has 8 heteroatoms. The van der Waals surface area contributed by atoms with E-state index in [1.54, 1.807) is 43.3 Å². The summed E-state index contributed by atoms with van der Waals surface area (Å²) in [5, 5.41) is 14.3. The molecule has 2 aromatic carbocycles. The van der Waals surface area contributed by atoms with Crippen LogP contribution in [-0.4, -0.2) is 23.3 Å². The number of nitrogens with zero attached hydrogens (tertiary/aromatic N) is 1. The highest BCUT2D eigenvalue weighted by Crippen LogP contribution is 2.30. The molecule has 0 aromatic heterocycles. The lowest BCUT2D eigenvalue weighted by molar-refractivity contribution is -0.127. The molecular weight excluding hydrogens is 463 g/mol. The predicted molar refractivity (Wildman–Crippen MR) is 101 cm³/mol. The molecule has 126 valence electrons. The smallest absolute Gasteiger partial charge is 0.280 e. The van der Waals surface area contributed by atoms with Crippen molar-refractivity contribution < 1.29 is 14.6 Å². The van der Waals surface area contributed by atoms with E-state index in [1.165, 1.54) is 6.21 Å². The minimum atomic E-state index is -0.744. The van der Waals surface area contributed by atoms with Gasteiger partial charge in [0.25, 0.3) is 5.91 Å². The second kappa shape index (κ2) is 8.50. The number of amides is 1. The van der Waals surface area contributed by atoms with Gasteiger partial charge in [0, 0.05) is 15.1 Å². The molecule has 0 saturated heterocycles. The van der Waals surface area contributed by atoms with Crippen LogP contribution >= 0.6 is 43.5 Å². The van der Waals surface area contributed by atoms with Gasteiger partial charge in [-0.3, -0.25) is 4.79 Å². The zero-order valence-corrected chi connectivity index (χ0v) is 16.4. The Kier molecular flexibility index (Phi) is 6.65. The fourth-order valence-electron chi connectivity index (χ4n) is 1.71. The molecule has 2 rings (SSSR count). The molecule has 0 fully saturated rings. The van der Waals surface area contributed by atoms with E-state index < -0.39 is 12.0 Å². The average Bonchev–Trinajstić information content (AvgIpc) is 2.53. The van der Waals surface area contributed by atoms with E-state index >= 15 is 0 Å². The average molecular weight is 477 g/mol. The number of halogens is 3. The number of carbonyl (C=O) groups is 1. The summed E-state index contributed by atoms with van der Waals surface area (Å²) < 4.78 is 6.77. The van der Waals surface area contributed by atoms with Gasteiger partial charge in [-0.15, -0.1) is 0 Å². The van der Waals surface area contributed by atoms with Crippen molar-refractivity contribution in [3.05, 3.63) is 55.9 Å². The Morgan fingerprint density at radius 1 is 1.33 bits per heavy atom. The molecule has 0 aliphatic heterocycles. The van der Waals surface area contributed by atoms with E-state index in [2.05, 4.69) is 42.4 Å². The highest BCUT2D eigenvalue weighted by Gasteiger charge is 2.14. The molecule has 0 heterocycles. The van der Waals surface area contributed by atoms with E-state index in [0.29, 0.717) is 20.8 Å². The molecule has 1 amide bonds. The quantitative estimate of drug-likeness (QED) is 0.494. The summed E-state index contributed by atoms with van der Waals surface area (Å²) in [6.07, 6.45) is 0.601. The third-order valence-electron chi connectivity index (χ3n) is 2.93. The fraction of sp³-hybridized carbons (Fsp3) is 0.125. The van der Waals surface area contributed by atoms with Crippen molar-refractivity contribution in [2.75, 3.05) is 0 Å². The zero-order chi connectivity index (χ0) is 17.7. The van der Waals surface area contributed by atoms with Crippen LogP contribution in [0.5, 0.6) is 11.5 Å². The summed E-state index contributed by atoms with van der Waals surface area (Å²) in [6.45, 7) is 1.60. The van der Waals surface area contributed by atoms with Gasteiger partial charge >= 0.3 is 0 Å². The Morgan fingerprint density at radius 2 is 2.00 bits per heavy atom. The van der Waals surface area contributed by atoms with Gasteiger partial charge in [0.15, 0.2) is 6.10 Å². The normalized spacial score (nSPS) is 12.2. The van der Waals surface area contributed by atoms with Gasteiger partial charge in [0.2, 0.25) is 0 Å². The van der Waals surface area contributed by atoms with Gasteiger partial charge < -0.3 is 9.84 Å². The second-order valence-electron chi connectivity index (χ2n) is 4.77. The van der Waals surface area contributed by atoms with Gasteiger partial charge in [-0.1, -0.05) is 27.5 Å². The highest BCUT2D eigenvalue weighted by molar-refractivity contribution is 9.11. The number of nitrogens with one attached hydrogen (secondary N) is 1. The number of hydrazone groups is 1. The molecule has 5 nitrogen and oxygen atoms in total. The number of aromatic hydroxyl groups is 1. The van der Waals surface area contributed by atoms with Crippen molar-refractivity contribution in [1.82, 2.24) is 5.43 Å². The molecule has 1 atom stereocenters. The monoisotopic (exact) mass is 474 g/mol. The topological polar surface area (TPSA) is 70.9 Å². The lowest BCUT2D eigenvalue weighted by Gasteiger charge is -2.12. The fourth-order valence-corrected chi connectivity index (χ4v) is 3.10. The third kappa shape index (κ3) is 5.22. The SMILES string of the molecule is C[C@@H](Oc1ccc(Cl)cc1)C(=O)N/N=C/c1cc(Br)cc(Br)c1O. The van der Waals surface area contributed by atoms with Crippen LogP contribution in [0.3, 0.4) is 0 Å². The van der Waals surface area contributed by atoms with E-state index in [4.69, 9.17) is 16.3 Å². The number of phenolic OH excluding ortho intramolecular Hbond substituents is 1. The molecule has 0 aliphatic carbocycles. The second-order valence-corrected chi connectivity index (χ2v) is 6.98. The minimum Gasteiger partial charge on any atom is -0.506 e. The van der Waals surface area contributed by atoms with Crippen LogP contribution in [0.4, 0.5) is 0 Å². The molecule has 0 aliphatic rings. The predicted octanol–water partition coefficient (Wildman–Crippen LogP) is 4.49. The van der Waals surface area contributed by atoms with E-state index in [9.17, 15) is 9.90 Å². The molecule has 2 N–H and O–H groups in total. The maximum absolute atomic E-state index is 12.0. The summed E-state index contributed by atoms with van der Waals surface area (Å²) in [4.78, 5) is 12.0. The number of ether oxygens (including phenoxy) is 1. The molecule has 24 heavy (non-hydrogen) atoms. The third-order valence-corrected chi connectivity index (χ3v) is 4.25. The Labute approximate surface area is 160 Å². The van der Waals surface area contributed by atoms with E-state index in [0.717, 1.165) is 4.47 Å². The zero-order valence-electron chi connectivity index (χ0n) is 12.5. The molecular formula is C16H13Br2ClN2O3. The Bertz CT molecular complexity index is 767. The number of hydrogen-bond donors (Lipinski definition) is 2. The molecule has 0 spiro atoms. The van der Waals surface area contributed by atoms with Gasteiger partial charge in [0.05, 0.1) is 10.7 Å². The first-order valence-corrected chi connectivity index (χ1v) is 8.76. The first-order valence-electron chi connectivity index (χ1n) is 6.80. The van der Waals surface area contributed by atoms with Gasteiger partial charge in [-0.25, -0.2) is 5.43 Å². The maximum Gasteiger partial charge on any atom is 0.280 e. The van der Waals surface area contributed by atoms with E-state index in [-0.39, 0.29) is 5.75 Å². The number of hydrogen-bond acceptors (Lipinski definition) is 4. The van der Waals surface area contributed by atoms with Crippen molar-refractivity contribution in [1.29, 1.82) is 0 Å². The van der Waals surface area contributed by atoms with Crippen LogP contribution in [0.2, 0.25) is 5.02 Å². The van der Waals surface area contributed by atoms with Crippen molar-refractivity contribution in [3.8, 4) is 11.5 Å². The molecule has 0 bridgehead atoms. The summed E-state index contributed by atoms with van der Waals surface area (Å²) >= 11 is 12.3. The first-order chi connectivity index (χ1) is 11.4. The molecule has 2 aromatic rings.